The van der Waals surface area contributed by atoms with Gasteiger partial charge in [0.25, 0.3) is 0 Å². The molecular formula is C26H26OP2. The quantitative estimate of drug-likeness (QED) is 0.396. The summed E-state index contributed by atoms with van der Waals surface area (Å²) in [6, 6.07) is 32.1. The lowest BCUT2D eigenvalue weighted by Gasteiger charge is -2.33. The zero-order valence-corrected chi connectivity index (χ0v) is 18.7. The van der Waals surface area contributed by atoms with Crippen molar-refractivity contribution in [3.8, 4) is 0 Å². The van der Waals surface area contributed by atoms with Gasteiger partial charge in [-0.15, -0.1) is 0 Å². The molecule has 1 fully saturated rings. The van der Waals surface area contributed by atoms with Gasteiger partial charge in [-0.25, -0.2) is 0 Å². The molecule has 1 nitrogen and oxygen atoms in total. The SMILES string of the molecule is CC1=C(C)[C@H]2[C@H](P(c3ccccc3)c3ccccc3)C[C@@H]1P2(=O)c1ccccc1. The van der Waals surface area contributed by atoms with Crippen LogP contribution in [0.25, 0.3) is 0 Å². The molecule has 2 bridgehead atoms. The standard InChI is InChI=1S/C26H26OP2/c1-19-20(2)26-24(18-25(19)29(26,27)23-16-10-5-11-17-23)28(21-12-6-3-7-13-21)22-14-8-4-9-15-22/h3-17,24-26H,18H2,1-2H3/t24-,25+,26+,29?/m1/s1. The van der Waals surface area contributed by atoms with E-state index in [1.54, 1.807) is 0 Å². The number of benzene rings is 3. The van der Waals surface area contributed by atoms with Crippen molar-refractivity contribution in [1.82, 2.24) is 0 Å². The van der Waals surface area contributed by atoms with Crippen molar-refractivity contribution in [3.63, 3.8) is 0 Å². The molecule has 3 aromatic carbocycles. The van der Waals surface area contributed by atoms with Crippen molar-refractivity contribution in [1.29, 1.82) is 0 Å². The molecule has 0 N–H and O–H groups in total. The Kier molecular flexibility index (Phi) is 4.85. The molecule has 0 aliphatic carbocycles. The fourth-order valence-corrected chi connectivity index (χ4v) is 14.0. The van der Waals surface area contributed by atoms with E-state index in [0.717, 1.165) is 11.7 Å². The highest BCUT2D eigenvalue weighted by Gasteiger charge is 2.60. The Bertz CT molecular complexity index is 1050. The second-order valence-corrected chi connectivity index (χ2v) is 13.8. The summed E-state index contributed by atoms with van der Waals surface area (Å²) in [6.07, 6.45) is 1.04. The molecule has 2 aliphatic rings. The van der Waals surface area contributed by atoms with Crippen molar-refractivity contribution in [3.05, 3.63) is 102 Å². The van der Waals surface area contributed by atoms with Crippen molar-refractivity contribution in [2.75, 3.05) is 0 Å². The number of rotatable bonds is 4. The lowest BCUT2D eigenvalue weighted by atomic mass is 9.94. The maximum absolute atomic E-state index is 14.7. The van der Waals surface area contributed by atoms with Gasteiger partial charge in [0, 0.05) is 22.3 Å². The average molecular weight is 416 g/mol. The van der Waals surface area contributed by atoms with Gasteiger partial charge in [0.2, 0.25) is 0 Å². The van der Waals surface area contributed by atoms with Crippen LogP contribution in [0.2, 0.25) is 0 Å². The zero-order chi connectivity index (χ0) is 20.0. The molecule has 2 aliphatic heterocycles. The van der Waals surface area contributed by atoms with Crippen LogP contribution in [0, 0.1) is 0 Å². The molecule has 3 aromatic rings. The molecule has 1 saturated heterocycles. The van der Waals surface area contributed by atoms with Crippen LogP contribution in [-0.4, -0.2) is 17.0 Å². The Labute approximate surface area is 175 Å². The normalized spacial score (nSPS) is 28.3. The number of hydrogen-bond donors (Lipinski definition) is 0. The van der Waals surface area contributed by atoms with Crippen molar-refractivity contribution >= 4 is 31.0 Å². The minimum absolute atomic E-state index is 0.168. The molecule has 5 rings (SSSR count). The molecule has 0 spiro atoms. The lowest BCUT2D eigenvalue weighted by molar-refractivity contribution is 0.579. The maximum Gasteiger partial charge on any atom is 0.129 e. The summed E-state index contributed by atoms with van der Waals surface area (Å²) >= 11 is 0. The highest BCUT2D eigenvalue weighted by Crippen LogP contribution is 2.75. The summed E-state index contributed by atoms with van der Waals surface area (Å²) in [4.78, 5) is 0. The molecule has 0 radical (unpaired) electrons. The van der Waals surface area contributed by atoms with E-state index in [9.17, 15) is 4.57 Å². The van der Waals surface area contributed by atoms with E-state index in [1.807, 2.05) is 18.2 Å². The molecule has 29 heavy (non-hydrogen) atoms. The predicted molar refractivity (Wildman–Crippen MR) is 127 cm³/mol. The van der Waals surface area contributed by atoms with Gasteiger partial charge in [0.05, 0.1) is 0 Å². The van der Waals surface area contributed by atoms with Gasteiger partial charge in [0.1, 0.15) is 7.14 Å². The monoisotopic (exact) mass is 416 g/mol. The van der Waals surface area contributed by atoms with Gasteiger partial charge in [-0.3, -0.25) is 0 Å². The summed E-state index contributed by atoms with van der Waals surface area (Å²) in [5.74, 6) is 0. The highest BCUT2D eigenvalue weighted by atomic mass is 31.2. The molecule has 146 valence electrons. The topological polar surface area (TPSA) is 17.1 Å². The second-order valence-electron chi connectivity index (χ2n) is 8.22. The Balaban J connectivity index is 1.67. The minimum Gasteiger partial charge on any atom is -0.317 e. The predicted octanol–water partition coefficient (Wildman–Crippen LogP) is 5.67. The molecule has 2 heterocycles. The Morgan fingerprint density at radius 1 is 0.724 bits per heavy atom. The van der Waals surface area contributed by atoms with Crippen LogP contribution in [-0.2, 0) is 4.57 Å². The number of fused-ring (bicyclic) bond motifs is 2. The smallest absolute Gasteiger partial charge is 0.129 e. The van der Waals surface area contributed by atoms with Crippen LogP contribution in [0.4, 0.5) is 0 Å². The summed E-state index contributed by atoms with van der Waals surface area (Å²) in [7, 11) is -3.08. The van der Waals surface area contributed by atoms with Gasteiger partial charge < -0.3 is 4.57 Å². The second kappa shape index (κ2) is 7.39. The van der Waals surface area contributed by atoms with Crippen molar-refractivity contribution in [2.45, 2.75) is 37.2 Å². The Morgan fingerprint density at radius 2 is 1.21 bits per heavy atom. The van der Waals surface area contributed by atoms with E-state index in [4.69, 9.17) is 0 Å². The van der Waals surface area contributed by atoms with Crippen LogP contribution in [0.1, 0.15) is 20.3 Å². The molecule has 1 unspecified atom stereocenters. The van der Waals surface area contributed by atoms with Crippen LogP contribution in [0.3, 0.4) is 0 Å². The van der Waals surface area contributed by atoms with Crippen molar-refractivity contribution in [2.24, 2.45) is 0 Å². The Morgan fingerprint density at radius 3 is 1.72 bits per heavy atom. The van der Waals surface area contributed by atoms with Crippen LogP contribution < -0.4 is 15.9 Å². The summed E-state index contributed by atoms with van der Waals surface area (Å²) in [5, 5.41) is 3.87. The van der Waals surface area contributed by atoms with E-state index in [0.29, 0.717) is 5.66 Å². The van der Waals surface area contributed by atoms with Gasteiger partial charge in [-0.05, 0) is 38.8 Å². The van der Waals surface area contributed by atoms with E-state index in [1.165, 1.54) is 21.8 Å². The highest BCUT2D eigenvalue weighted by molar-refractivity contribution is 7.78. The largest absolute Gasteiger partial charge is 0.317 e. The summed E-state index contributed by atoms with van der Waals surface area (Å²) in [5.41, 5.74) is 3.57. The molecule has 3 heteroatoms. The third-order valence-electron chi connectivity index (χ3n) is 6.83. The molecule has 0 amide bonds. The fourth-order valence-electron chi connectivity index (χ4n) is 5.46. The van der Waals surface area contributed by atoms with Gasteiger partial charge in [0.15, 0.2) is 0 Å². The third-order valence-corrected chi connectivity index (χ3v) is 14.2. The number of allylic oxidation sites excluding steroid dienone is 2. The summed E-state index contributed by atoms with van der Waals surface area (Å²) in [6.45, 7) is 4.46. The average Bonchev–Trinajstić information content (AvgIpc) is 3.17. The Hall–Kier alpha value is -1.94. The molecule has 0 aromatic heterocycles. The van der Waals surface area contributed by atoms with Gasteiger partial charge in [-0.2, -0.15) is 0 Å². The minimum atomic E-state index is -2.51. The van der Waals surface area contributed by atoms with E-state index in [2.05, 4.69) is 86.6 Å². The number of hydrogen-bond acceptors (Lipinski definition) is 1. The van der Waals surface area contributed by atoms with E-state index in [-0.39, 0.29) is 11.3 Å². The maximum atomic E-state index is 14.7. The first-order valence-electron chi connectivity index (χ1n) is 10.3. The van der Waals surface area contributed by atoms with Crippen LogP contribution in [0.15, 0.2) is 102 Å². The summed E-state index contributed by atoms with van der Waals surface area (Å²) < 4.78 is 14.7. The molecule has 4 atom stereocenters. The van der Waals surface area contributed by atoms with Crippen LogP contribution >= 0.6 is 15.1 Å². The first-order valence-corrected chi connectivity index (χ1v) is 13.6. The lowest BCUT2D eigenvalue weighted by Crippen LogP contribution is -2.30. The third kappa shape index (κ3) is 2.91. The van der Waals surface area contributed by atoms with E-state index < -0.39 is 15.1 Å². The van der Waals surface area contributed by atoms with Crippen molar-refractivity contribution < 1.29 is 4.57 Å². The van der Waals surface area contributed by atoms with E-state index >= 15 is 0 Å². The molecular weight excluding hydrogens is 390 g/mol. The van der Waals surface area contributed by atoms with Gasteiger partial charge in [-0.1, -0.05) is 102 Å². The zero-order valence-electron chi connectivity index (χ0n) is 16.9. The first-order chi connectivity index (χ1) is 14.1. The first kappa shape index (κ1) is 19.0. The van der Waals surface area contributed by atoms with Gasteiger partial charge >= 0.3 is 0 Å². The fraction of sp³-hybridized carbons (Fsp3) is 0.231. The molecule has 0 saturated carbocycles. The van der Waals surface area contributed by atoms with Crippen LogP contribution in [0.5, 0.6) is 0 Å².